The van der Waals surface area contributed by atoms with Gasteiger partial charge in [-0.2, -0.15) is 0 Å². The van der Waals surface area contributed by atoms with Gasteiger partial charge in [-0.1, -0.05) is 13.8 Å². The third-order valence-electron chi connectivity index (χ3n) is 10.8. The monoisotopic (exact) mass is 418 g/mol. The highest BCUT2D eigenvalue weighted by atomic mass is 16.7. The zero-order valence-electron chi connectivity index (χ0n) is 19.4. The standard InChI is InChI=1S/C26H42O4/c1-24-12-11-22-20(21(24)10-8-18(24)5-4-6-23(27)28-3)9-7-19-17-26(29-15-16-30-26)14-13-25(19,22)2/h18-22H,4-17H2,1-3H3. The molecule has 1 saturated heterocycles. The Morgan fingerprint density at radius 3 is 2.47 bits per heavy atom. The van der Waals surface area contributed by atoms with Gasteiger partial charge in [-0.25, -0.2) is 0 Å². The lowest BCUT2D eigenvalue weighted by Crippen LogP contribution is -2.56. The van der Waals surface area contributed by atoms with Gasteiger partial charge in [0.15, 0.2) is 5.79 Å². The first kappa shape index (κ1) is 21.2. The van der Waals surface area contributed by atoms with Crippen LogP contribution < -0.4 is 0 Å². The van der Waals surface area contributed by atoms with Gasteiger partial charge in [0.25, 0.3) is 0 Å². The van der Waals surface area contributed by atoms with E-state index in [1.807, 2.05) is 0 Å². The highest BCUT2D eigenvalue weighted by Crippen LogP contribution is 2.68. The van der Waals surface area contributed by atoms with Gasteiger partial charge in [-0.05, 0) is 98.2 Å². The van der Waals surface area contributed by atoms with Crippen molar-refractivity contribution in [2.75, 3.05) is 20.3 Å². The molecule has 4 saturated carbocycles. The van der Waals surface area contributed by atoms with Crippen molar-refractivity contribution in [3.8, 4) is 0 Å². The summed E-state index contributed by atoms with van der Waals surface area (Å²) in [4.78, 5) is 11.6. The SMILES string of the molecule is COC(=O)CCCC1CCC2C3CCC4CC5(CCC4(C)C3CCC12C)OCCO5. The van der Waals surface area contributed by atoms with E-state index in [-0.39, 0.29) is 11.8 Å². The average Bonchev–Trinajstić information content (AvgIpc) is 3.33. The molecule has 5 rings (SSSR count). The van der Waals surface area contributed by atoms with Crippen molar-refractivity contribution in [1.82, 2.24) is 0 Å². The van der Waals surface area contributed by atoms with Crippen LogP contribution in [0.4, 0.5) is 0 Å². The topological polar surface area (TPSA) is 44.8 Å². The molecule has 0 aromatic heterocycles. The molecule has 1 aliphatic heterocycles. The lowest BCUT2D eigenvalue weighted by molar-refractivity contribution is -0.229. The summed E-state index contributed by atoms with van der Waals surface area (Å²) in [6, 6.07) is 0. The predicted molar refractivity (Wildman–Crippen MR) is 116 cm³/mol. The van der Waals surface area contributed by atoms with E-state index in [0.29, 0.717) is 17.3 Å². The fourth-order valence-corrected chi connectivity index (χ4v) is 9.13. The van der Waals surface area contributed by atoms with Crippen molar-refractivity contribution in [2.24, 2.45) is 40.4 Å². The van der Waals surface area contributed by atoms with Gasteiger partial charge >= 0.3 is 5.97 Å². The number of methoxy groups -OCH3 is 1. The minimum atomic E-state index is -0.238. The minimum Gasteiger partial charge on any atom is -0.469 e. The summed E-state index contributed by atoms with van der Waals surface area (Å²) >= 11 is 0. The fraction of sp³-hybridized carbons (Fsp3) is 0.962. The van der Waals surface area contributed by atoms with Gasteiger partial charge in [-0.3, -0.25) is 4.79 Å². The molecule has 0 radical (unpaired) electrons. The lowest BCUT2D eigenvalue weighted by atomic mass is 9.44. The average molecular weight is 419 g/mol. The molecule has 0 aromatic carbocycles. The Labute approximate surface area is 182 Å². The Hall–Kier alpha value is -0.610. The smallest absolute Gasteiger partial charge is 0.305 e. The molecule has 0 aromatic rings. The zero-order valence-corrected chi connectivity index (χ0v) is 19.4. The van der Waals surface area contributed by atoms with Crippen LogP contribution in [0.5, 0.6) is 0 Å². The predicted octanol–water partition coefficient (Wildman–Crippen LogP) is 5.73. The van der Waals surface area contributed by atoms with E-state index in [9.17, 15) is 4.79 Å². The van der Waals surface area contributed by atoms with Gasteiger partial charge < -0.3 is 14.2 Å². The maximum atomic E-state index is 11.6. The van der Waals surface area contributed by atoms with Gasteiger partial charge in [-0.15, -0.1) is 0 Å². The molecular formula is C26H42O4. The number of hydrogen-bond donors (Lipinski definition) is 0. The maximum absolute atomic E-state index is 11.6. The Morgan fingerprint density at radius 1 is 0.933 bits per heavy atom. The number of carbonyl (C=O) groups is 1. The third-order valence-corrected chi connectivity index (χ3v) is 10.8. The number of esters is 1. The molecule has 0 amide bonds. The summed E-state index contributed by atoms with van der Waals surface area (Å²) in [5, 5.41) is 0. The van der Waals surface area contributed by atoms with Gasteiger partial charge in [0.1, 0.15) is 0 Å². The van der Waals surface area contributed by atoms with Crippen LogP contribution in [0.15, 0.2) is 0 Å². The largest absolute Gasteiger partial charge is 0.469 e. The van der Waals surface area contributed by atoms with Crippen molar-refractivity contribution in [2.45, 2.75) is 96.7 Å². The molecule has 170 valence electrons. The zero-order chi connectivity index (χ0) is 21.0. The summed E-state index contributed by atoms with van der Waals surface area (Å²) < 4.78 is 17.1. The first-order valence-electron chi connectivity index (χ1n) is 12.7. The number of hydrogen-bond acceptors (Lipinski definition) is 4. The van der Waals surface area contributed by atoms with Crippen LogP contribution in [-0.2, 0) is 19.0 Å². The summed E-state index contributed by atoms with van der Waals surface area (Å²) in [6.45, 7) is 6.80. The number of carbonyl (C=O) groups excluding carboxylic acids is 1. The van der Waals surface area contributed by atoms with Crippen LogP contribution >= 0.6 is 0 Å². The Bertz CT molecular complexity index is 655. The minimum absolute atomic E-state index is 0.0463. The van der Waals surface area contributed by atoms with Crippen LogP contribution in [0.1, 0.15) is 90.9 Å². The summed E-state index contributed by atoms with van der Waals surface area (Å²) in [5.41, 5.74) is 0.974. The number of fused-ring (bicyclic) bond motifs is 5. The highest BCUT2D eigenvalue weighted by molar-refractivity contribution is 5.68. The molecule has 0 bridgehead atoms. The molecule has 4 aliphatic carbocycles. The fourth-order valence-electron chi connectivity index (χ4n) is 9.13. The number of ether oxygens (including phenoxy) is 3. The second-order valence-corrected chi connectivity index (χ2v) is 11.8. The van der Waals surface area contributed by atoms with Crippen molar-refractivity contribution in [1.29, 1.82) is 0 Å². The highest BCUT2D eigenvalue weighted by Gasteiger charge is 2.61. The van der Waals surface area contributed by atoms with Crippen LogP contribution in [-0.4, -0.2) is 32.1 Å². The summed E-state index contributed by atoms with van der Waals surface area (Å²) in [7, 11) is 1.51. The molecule has 7 unspecified atom stereocenters. The van der Waals surface area contributed by atoms with Gasteiger partial charge in [0, 0.05) is 19.3 Å². The van der Waals surface area contributed by atoms with Crippen LogP contribution in [0.2, 0.25) is 0 Å². The Morgan fingerprint density at radius 2 is 1.70 bits per heavy atom. The molecule has 5 fully saturated rings. The molecule has 4 nitrogen and oxygen atoms in total. The number of rotatable bonds is 4. The Balaban J connectivity index is 1.27. The first-order valence-corrected chi connectivity index (χ1v) is 12.7. The van der Waals surface area contributed by atoms with Gasteiger partial charge in [0.05, 0.1) is 20.3 Å². The lowest BCUT2D eigenvalue weighted by Gasteiger charge is -2.62. The van der Waals surface area contributed by atoms with Crippen LogP contribution in [0, 0.1) is 40.4 Å². The molecule has 7 atom stereocenters. The van der Waals surface area contributed by atoms with E-state index in [0.717, 1.165) is 62.1 Å². The van der Waals surface area contributed by atoms with E-state index in [1.165, 1.54) is 58.5 Å². The molecular weight excluding hydrogens is 376 g/mol. The van der Waals surface area contributed by atoms with Gasteiger partial charge in [0.2, 0.25) is 0 Å². The van der Waals surface area contributed by atoms with E-state index < -0.39 is 0 Å². The second kappa shape index (κ2) is 7.76. The normalized spacial score (nSPS) is 46.8. The third kappa shape index (κ3) is 3.27. The van der Waals surface area contributed by atoms with Crippen molar-refractivity contribution in [3.05, 3.63) is 0 Å². The first-order chi connectivity index (χ1) is 14.4. The summed E-state index contributed by atoms with van der Waals surface area (Å²) in [6.07, 6.45) is 14.7. The van der Waals surface area contributed by atoms with Crippen LogP contribution in [0.3, 0.4) is 0 Å². The van der Waals surface area contributed by atoms with E-state index in [2.05, 4.69) is 13.8 Å². The van der Waals surface area contributed by atoms with Crippen molar-refractivity contribution in [3.63, 3.8) is 0 Å². The molecule has 5 aliphatic rings. The van der Waals surface area contributed by atoms with Crippen LogP contribution in [0.25, 0.3) is 0 Å². The Kier molecular flexibility index (Phi) is 5.50. The quantitative estimate of drug-likeness (QED) is 0.547. The molecule has 30 heavy (non-hydrogen) atoms. The second-order valence-electron chi connectivity index (χ2n) is 11.8. The van der Waals surface area contributed by atoms with E-state index in [4.69, 9.17) is 14.2 Å². The molecule has 1 spiro atoms. The maximum Gasteiger partial charge on any atom is 0.305 e. The van der Waals surface area contributed by atoms with E-state index >= 15 is 0 Å². The summed E-state index contributed by atoms with van der Waals surface area (Å²) in [5.74, 6) is 3.98. The van der Waals surface area contributed by atoms with Crippen molar-refractivity contribution < 1.29 is 19.0 Å². The molecule has 1 heterocycles. The molecule has 4 heteroatoms. The molecule has 0 N–H and O–H groups in total. The van der Waals surface area contributed by atoms with Crippen molar-refractivity contribution >= 4 is 5.97 Å². The van der Waals surface area contributed by atoms with E-state index in [1.54, 1.807) is 0 Å².